The molecule has 7 heteroatoms. The van der Waals surface area contributed by atoms with Crippen LogP contribution in [0.2, 0.25) is 0 Å². The molecule has 0 aromatic heterocycles. The molecule has 1 unspecified atom stereocenters. The van der Waals surface area contributed by atoms with Crippen LogP contribution in [-0.4, -0.2) is 22.6 Å². The van der Waals surface area contributed by atoms with E-state index in [0.717, 1.165) is 48.8 Å². The number of ketones is 1. The fraction of sp³-hybridized carbons (Fsp3) is 0.323. The van der Waals surface area contributed by atoms with Crippen LogP contribution in [0, 0.1) is 0 Å². The minimum Gasteiger partial charge on any atom is -0.457 e. The normalized spacial score (nSPS) is 15.0. The first-order valence-corrected chi connectivity index (χ1v) is 13.9. The summed E-state index contributed by atoms with van der Waals surface area (Å²) >= 11 is 1.44. The summed E-state index contributed by atoms with van der Waals surface area (Å²) < 4.78 is 44.7. The molecule has 1 fully saturated rings. The van der Waals surface area contributed by atoms with Gasteiger partial charge in [-0.3, -0.25) is 4.79 Å². The largest absolute Gasteiger partial charge is 0.457 e. The smallest absolute Gasteiger partial charge is 0.389 e. The summed E-state index contributed by atoms with van der Waals surface area (Å²) in [5.41, 5.74) is 3.02. The Balaban J connectivity index is 1.57. The Hall–Kier alpha value is -3.19. The number of nitrogens with one attached hydrogen (secondary N) is 1. The highest BCUT2D eigenvalue weighted by Gasteiger charge is 2.31. The molecule has 3 aromatic rings. The second-order valence-electron chi connectivity index (χ2n) is 9.47. The highest BCUT2D eigenvalue weighted by atomic mass is 32.2. The van der Waals surface area contributed by atoms with Crippen molar-refractivity contribution in [3.05, 3.63) is 91.0 Å². The van der Waals surface area contributed by atoms with Gasteiger partial charge in [0.2, 0.25) is 0 Å². The minimum atomic E-state index is -4.37. The van der Waals surface area contributed by atoms with Crippen molar-refractivity contribution in [1.82, 2.24) is 5.32 Å². The lowest BCUT2D eigenvalue weighted by molar-refractivity contribution is -0.143. The first-order valence-electron chi connectivity index (χ1n) is 12.9. The van der Waals surface area contributed by atoms with Crippen LogP contribution in [0.1, 0.15) is 50.5 Å². The summed E-state index contributed by atoms with van der Waals surface area (Å²) in [7, 11) is 0. The molecule has 0 aliphatic heterocycles. The zero-order chi connectivity index (χ0) is 27.0. The molecule has 1 saturated carbocycles. The maximum atomic E-state index is 12.9. The Labute approximate surface area is 226 Å². The van der Waals surface area contributed by atoms with E-state index in [4.69, 9.17) is 4.74 Å². The average molecular weight is 540 g/mol. The maximum absolute atomic E-state index is 12.9. The topological polar surface area (TPSA) is 38.3 Å². The van der Waals surface area contributed by atoms with Crippen LogP contribution in [-0.2, 0) is 4.79 Å². The van der Waals surface area contributed by atoms with Crippen molar-refractivity contribution in [3.63, 3.8) is 0 Å². The van der Waals surface area contributed by atoms with Crippen LogP contribution < -0.4 is 10.1 Å². The van der Waals surface area contributed by atoms with Crippen LogP contribution in [0.3, 0.4) is 0 Å². The van der Waals surface area contributed by atoms with Gasteiger partial charge in [-0.1, -0.05) is 74.4 Å². The van der Waals surface area contributed by atoms with Crippen molar-refractivity contribution in [2.24, 2.45) is 0 Å². The first kappa shape index (κ1) is 27.8. The number of halogens is 3. The summed E-state index contributed by atoms with van der Waals surface area (Å²) in [6, 6.07) is 24.9. The fourth-order valence-electron chi connectivity index (χ4n) is 4.49. The second kappa shape index (κ2) is 13.1. The van der Waals surface area contributed by atoms with Gasteiger partial charge in [-0.05, 0) is 54.3 Å². The maximum Gasteiger partial charge on any atom is 0.389 e. The Bertz CT molecular complexity index is 1210. The van der Waals surface area contributed by atoms with E-state index < -0.39 is 30.2 Å². The lowest BCUT2D eigenvalue weighted by Crippen LogP contribution is -2.35. The molecule has 1 N–H and O–H groups in total. The van der Waals surface area contributed by atoms with Crippen LogP contribution >= 0.6 is 11.8 Å². The van der Waals surface area contributed by atoms with E-state index in [-0.39, 0.29) is 5.25 Å². The van der Waals surface area contributed by atoms with Gasteiger partial charge in [0.05, 0.1) is 6.42 Å². The third-order valence-corrected chi connectivity index (χ3v) is 8.03. The van der Waals surface area contributed by atoms with Crippen molar-refractivity contribution in [2.75, 3.05) is 0 Å². The Morgan fingerprint density at radius 3 is 2.29 bits per heavy atom. The van der Waals surface area contributed by atoms with E-state index >= 15 is 0 Å². The van der Waals surface area contributed by atoms with Gasteiger partial charge in [-0.25, -0.2) is 0 Å². The number of carbonyl (C=O) groups is 1. The molecule has 1 aliphatic carbocycles. The van der Waals surface area contributed by atoms with Crippen molar-refractivity contribution >= 4 is 23.2 Å². The van der Waals surface area contributed by atoms with Gasteiger partial charge in [0.1, 0.15) is 16.9 Å². The number of hydrogen-bond donors (Lipinski definition) is 1. The third kappa shape index (κ3) is 8.15. The van der Waals surface area contributed by atoms with Crippen molar-refractivity contribution in [1.29, 1.82) is 0 Å². The second-order valence-corrected chi connectivity index (χ2v) is 10.9. The monoisotopic (exact) mass is 539 g/mol. The molecule has 1 aliphatic rings. The number of rotatable bonds is 11. The Morgan fingerprint density at radius 2 is 1.63 bits per heavy atom. The quantitative estimate of drug-likeness (QED) is 0.247. The van der Waals surface area contributed by atoms with Crippen molar-refractivity contribution < 1.29 is 22.7 Å². The fourth-order valence-corrected chi connectivity index (χ4v) is 5.96. The molecule has 1 atom stereocenters. The molecule has 0 bridgehead atoms. The van der Waals surface area contributed by atoms with Gasteiger partial charge in [0.15, 0.2) is 5.78 Å². The van der Waals surface area contributed by atoms with Gasteiger partial charge in [0, 0.05) is 22.9 Å². The highest BCUT2D eigenvalue weighted by Crippen LogP contribution is 2.37. The minimum absolute atomic E-state index is 0.241. The van der Waals surface area contributed by atoms with Crippen LogP contribution in [0.25, 0.3) is 16.8 Å². The first-order chi connectivity index (χ1) is 18.3. The number of carbonyl (C=O) groups excluding carboxylic acids is 1. The molecule has 0 radical (unpaired) electrons. The average Bonchev–Trinajstić information content (AvgIpc) is 2.93. The van der Waals surface area contributed by atoms with E-state index in [0.29, 0.717) is 17.2 Å². The molecule has 0 spiro atoms. The molecule has 3 nitrogen and oxygen atoms in total. The molecule has 200 valence electrons. The summed E-state index contributed by atoms with van der Waals surface area (Å²) in [6.07, 6.45) is -0.804. The van der Waals surface area contributed by atoms with Crippen LogP contribution in [0.5, 0.6) is 11.5 Å². The number of para-hydroxylation sites is 1. The molecule has 3 aromatic carbocycles. The lowest BCUT2D eigenvalue weighted by Gasteiger charge is -2.27. The summed E-state index contributed by atoms with van der Waals surface area (Å²) in [6.45, 7) is 4.16. The number of Topliss-reactive ketones (excluding diaryl/α,β-unsaturated/α-hetero) is 1. The van der Waals surface area contributed by atoms with Crippen LogP contribution in [0.4, 0.5) is 13.2 Å². The number of benzene rings is 3. The highest BCUT2D eigenvalue weighted by molar-refractivity contribution is 8.01. The zero-order valence-electron chi connectivity index (χ0n) is 21.2. The summed E-state index contributed by atoms with van der Waals surface area (Å²) in [5.74, 6) is 0.910. The summed E-state index contributed by atoms with van der Waals surface area (Å²) in [5, 5.41) is 2.63. The SMILES string of the molecule is C=C(NC(SC1CCCCC1)C(=O)CCC(F)(F)F)c1ccc(Oc2ccccc2)c(-c2ccccc2)c1. The number of ether oxygens (including phenoxy) is 1. The van der Waals surface area contributed by atoms with Crippen molar-refractivity contribution in [3.8, 4) is 22.6 Å². The van der Waals surface area contributed by atoms with E-state index in [1.807, 2.05) is 78.9 Å². The van der Waals surface area contributed by atoms with E-state index in [2.05, 4.69) is 11.9 Å². The number of alkyl halides is 3. The molecule has 38 heavy (non-hydrogen) atoms. The zero-order valence-corrected chi connectivity index (χ0v) is 22.0. The number of thioether (sulfide) groups is 1. The molecule has 0 amide bonds. The van der Waals surface area contributed by atoms with Crippen LogP contribution in [0.15, 0.2) is 85.4 Å². The van der Waals surface area contributed by atoms with Gasteiger partial charge in [0.25, 0.3) is 0 Å². The lowest BCUT2D eigenvalue weighted by atomic mass is 10.0. The number of hydrogen-bond acceptors (Lipinski definition) is 4. The van der Waals surface area contributed by atoms with Gasteiger partial charge < -0.3 is 10.1 Å². The van der Waals surface area contributed by atoms with Crippen molar-refractivity contribution in [2.45, 2.75) is 61.7 Å². The molecule has 0 heterocycles. The van der Waals surface area contributed by atoms with Gasteiger partial charge >= 0.3 is 6.18 Å². The molecule has 4 rings (SSSR count). The molecular weight excluding hydrogens is 507 g/mol. The van der Waals surface area contributed by atoms with Gasteiger partial charge in [-0.15, -0.1) is 11.8 Å². The molecular formula is C31H32F3NO2S. The van der Waals surface area contributed by atoms with Gasteiger partial charge in [-0.2, -0.15) is 13.2 Å². The predicted octanol–water partition coefficient (Wildman–Crippen LogP) is 9.01. The summed E-state index contributed by atoms with van der Waals surface area (Å²) in [4.78, 5) is 12.9. The van der Waals surface area contributed by atoms with E-state index in [1.165, 1.54) is 11.8 Å². The predicted molar refractivity (Wildman–Crippen MR) is 149 cm³/mol. The van der Waals surface area contributed by atoms with E-state index in [9.17, 15) is 18.0 Å². The standard InChI is InChI=1S/C31H32F3NO2S/c1-22(35-30(28(36)19-20-31(32,33)34)38-26-15-9-4-10-16-26)24-17-18-29(37-25-13-7-3-8-14-25)27(21-24)23-11-5-2-6-12-23/h2-3,5-8,11-14,17-18,21,26,30,35H,1,4,9-10,15-16,19-20H2. The third-order valence-electron chi connectivity index (χ3n) is 6.52. The molecule has 0 saturated heterocycles. The van der Waals surface area contributed by atoms with E-state index in [1.54, 1.807) is 0 Å². The Morgan fingerprint density at radius 1 is 0.974 bits per heavy atom. The Kier molecular flexibility index (Phi) is 9.56.